The van der Waals surface area contributed by atoms with E-state index in [-0.39, 0.29) is 11.5 Å². The molecule has 35 heavy (non-hydrogen) atoms. The molecule has 4 aromatic rings. The summed E-state index contributed by atoms with van der Waals surface area (Å²) in [5.41, 5.74) is 3.63. The molecule has 1 atom stereocenters. The summed E-state index contributed by atoms with van der Waals surface area (Å²) in [6.07, 6.45) is 1.96. The number of esters is 1. The van der Waals surface area contributed by atoms with Crippen molar-refractivity contribution in [3.63, 3.8) is 0 Å². The smallest absolute Gasteiger partial charge is 0.339 e. The van der Waals surface area contributed by atoms with Crippen LogP contribution in [-0.2, 0) is 4.74 Å². The maximum Gasteiger partial charge on any atom is 0.339 e. The number of hydrogen-bond donors (Lipinski definition) is 3. The fraction of sp³-hybridized carbons (Fsp3) is 0.185. The number of urea groups is 1. The number of rotatable bonds is 8. The van der Waals surface area contributed by atoms with Crippen LogP contribution in [0.4, 0.5) is 10.5 Å². The first-order valence-electron chi connectivity index (χ1n) is 11.1. The highest BCUT2D eigenvalue weighted by atomic mass is 16.5. The predicted molar refractivity (Wildman–Crippen MR) is 134 cm³/mol. The van der Waals surface area contributed by atoms with Crippen molar-refractivity contribution in [1.82, 2.24) is 10.3 Å². The third kappa shape index (κ3) is 5.06. The largest absolute Gasteiger partial charge is 0.493 e. The van der Waals surface area contributed by atoms with Crippen molar-refractivity contribution in [2.75, 3.05) is 33.2 Å². The summed E-state index contributed by atoms with van der Waals surface area (Å²) in [6, 6.07) is 20.0. The van der Waals surface area contributed by atoms with Gasteiger partial charge in [0, 0.05) is 29.6 Å². The quantitative estimate of drug-likeness (QED) is 0.315. The van der Waals surface area contributed by atoms with E-state index in [2.05, 4.69) is 15.6 Å². The number of methoxy groups -OCH3 is 3. The highest BCUT2D eigenvalue weighted by molar-refractivity contribution is 6.00. The van der Waals surface area contributed by atoms with Gasteiger partial charge in [0.2, 0.25) is 0 Å². The molecule has 180 valence electrons. The Labute approximate surface area is 203 Å². The lowest BCUT2D eigenvalue weighted by Gasteiger charge is -2.20. The van der Waals surface area contributed by atoms with Crippen molar-refractivity contribution < 1.29 is 23.8 Å². The number of amides is 2. The van der Waals surface area contributed by atoms with Crippen molar-refractivity contribution >= 4 is 28.6 Å². The number of ether oxygens (including phenoxy) is 3. The third-order valence-electron chi connectivity index (χ3n) is 5.85. The van der Waals surface area contributed by atoms with Gasteiger partial charge in [-0.2, -0.15) is 0 Å². The number of aromatic nitrogens is 1. The number of carbonyl (C=O) groups is 2. The van der Waals surface area contributed by atoms with E-state index in [0.717, 1.165) is 22.0 Å². The molecule has 8 nitrogen and oxygen atoms in total. The molecule has 0 fully saturated rings. The van der Waals surface area contributed by atoms with Crippen LogP contribution in [0.3, 0.4) is 0 Å². The van der Waals surface area contributed by atoms with Gasteiger partial charge in [-0.3, -0.25) is 0 Å². The summed E-state index contributed by atoms with van der Waals surface area (Å²) in [7, 11) is 4.48. The van der Waals surface area contributed by atoms with Crippen LogP contribution in [0.1, 0.15) is 27.4 Å². The minimum Gasteiger partial charge on any atom is -0.493 e. The monoisotopic (exact) mass is 473 g/mol. The van der Waals surface area contributed by atoms with Crippen molar-refractivity contribution in [3.8, 4) is 11.5 Å². The number of nitrogens with one attached hydrogen (secondary N) is 3. The predicted octanol–water partition coefficient (Wildman–Crippen LogP) is 4.93. The van der Waals surface area contributed by atoms with E-state index in [1.54, 1.807) is 38.5 Å². The van der Waals surface area contributed by atoms with Gasteiger partial charge in [0.25, 0.3) is 0 Å². The normalized spacial score (nSPS) is 11.5. The van der Waals surface area contributed by atoms with Gasteiger partial charge in [0.05, 0.1) is 32.6 Å². The van der Waals surface area contributed by atoms with Crippen LogP contribution in [0.5, 0.6) is 11.5 Å². The number of carbonyl (C=O) groups excluding carboxylic acids is 2. The minimum absolute atomic E-state index is 0.187. The number of benzene rings is 3. The molecular weight excluding hydrogens is 446 g/mol. The second-order valence-corrected chi connectivity index (χ2v) is 7.83. The molecule has 0 aliphatic heterocycles. The van der Waals surface area contributed by atoms with Gasteiger partial charge < -0.3 is 29.8 Å². The molecule has 0 radical (unpaired) electrons. The SMILES string of the molecule is COC(=O)c1ccccc1NC(=O)NCC(c1ccc(OC)c(OC)c1)c1c[nH]c2ccccc12. The molecular formula is C27H27N3O5. The zero-order chi connectivity index (χ0) is 24.8. The molecule has 8 heteroatoms. The van der Waals surface area contributed by atoms with Crippen LogP contribution in [0.2, 0.25) is 0 Å². The molecule has 0 aliphatic carbocycles. The topological polar surface area (TPSA) is 102 Å². The molecule has 2 amide bonds. The molecule has 0 aliphatic rings. The first-order valence-corrected chi connectivity index (χ1v) is 11.1. The van der Waals surface area contributed by atoms with Crippen LogP contribution >= 0.6 is 0 Å². The number of H-pyrrole nitrogens is 1. The van der Waals surface area contributed by atoms with Gasteiger partial charge in [0.1, 0.15) is 0 Å². The summed E-state index contributed by atoms with van der Waals surface area (Å²) >= 11 is 0. The molecule has 0 saturated carbocycles. The Kier molecular flexibility index (Phi) is 7.21. The van der Waals surface area contributed by atoms with Gasteiger partial charge in [-0.15, -0.1) is 0 Å². The molecule has 1 unspecified atom stereocenters. The van der Waals surface area contributed by atoms with E-state index in [1.807, 2.05) is 48.7 Å². The van der Waals surface area contributed by atoms with Gasteiger partial charge in [-0.1, -0.05) is 36.4 Å². The maximum absolute atomic E-state index is 12.8. The number of aromatic amines is 1. The van der Waals surface area contributed by atoms with Crippen molar-refractivity contribution in [1.29, 1.82) is 0 Å². The second-order valence-electron chi connectivity index (χ2n) is 7.83. The Morgan fingerprint density at radius 3 is 2.43 bits per heavy atom. The Morgan fingerprint density at radius 2 is 1.66 bits per heavy atom. The fourth-order valence-corrected chi connectivity index (χ4v) is 4.10. The van der Waals surface area contributed by atoms with Crippen LogP contribution in [0.25, 0.3) is 10.9 Å². The number of anilines is 1. The Morgan fingerprint density at radius 1 is 0.914 bits per heavy atom. The highest BCUT2D eigenvalue weighted by Gasteiger charge is 2.21. The van der Waals surface area contributed by atoms with Crippen LogP contribution in [0.15, 0.2) is 72.9 Å². The average molecular weight is 474 g/mol. The molecule has 4 rings (SSSR count). The summed E-state index contributed by atoms with van der Waals surface area (Å²) < 4.78 is 15.7. The Bertz CT molecular complexity index is 1350. The molecule has 0 saturated heterocycles. The second kappa shape index (κ2) is 10.6. The lowest BCUT2D eigenvalue weighted by atomic mass is 9.90. The summed E-state index contributed by atoms with van der Waals surface area (Å²) in [5, 5.41) is 6.76. The maximum atomic E-state index is 12.8. The molecule has 0 bridgehead atoms. The summed E-state index contributed by atoms with van der Waals surface area (Å²) in [4.78, 5) is 28.2. The van der Waals surface area contributed by atoms with E-state index >= 15 is 0 Å². The Balaban J connectivity index is 1.62. The molecule has 3 aromatic carbocycles. The van der Waals surface area contributed by atoms with Crippen molar-refractivity contribution in [2.24, 2.45) is 0 Å². The van der Waals surface area contributed by atoms with Crippen LogP contribution in [0, 0.1) is 0 Å². The lowest BCUT2D eigenvalue weighted by molar-refractivity contribution is 0.0602. The third-order valence-corrected chi connectivity index (χ3v) is 5.85. The van der Waals surface area contributed by atoms with Crippen molar-refractivity contribution in [3.05, 3.63) is 89.6 Å². The molecule has 0 spiro atoms. The van der Waals surface area contributed by atoms with E-state index in [9.17, 15) is 9.59 Å². The molecule has 3 N–H and O–H groups in total. The van der Waals surface area contributed by atoms with Gasteiger partial charge in [0.15, 0.2) is 11.5 Å². The lowest BCUT2D eigenvalue weighted by Crippen LogP contribution is -2.33. The molecule has 1 aromatic heterocycles. The van der Waals surface area contributed by atoms with E-state index < -0.39 is 12.0 Å². The zero-order valence-corrected chi connectivity index (χ0v) is 19.8. The first kappa shape index (κ1) is 23.7. The molecule has 1 heterocycles. The van der Waals surface area contributed by atoms with E-state index in [0.29, 0.717) is 23.7 Å². The Hall–Kier alpha value is -4.46. The summed E-state index contributed by atoms with van der Waals surface area (Å²) in [6.45, 7) is 0.295. The average Bonchev–Trinajstić information content (AvgIpc) is 3.32. The van der Waals surface area contributed by atoms with Crippen LogP contribution in [-0.4, -0.2) is 44.9 Å². The number of fused-ring (bicyclic) bond motifs is 1. The number of para-hydroxylation sites is 2. The highest BCUT2D eigenvalue weighted by Crippen LogP contribution is 2.35. The van der Waals surface area contributed by atoms with E-state index in [1.165, 1.54) is 7.11 Å². The van der Waals surface area contributed by atoms with Crippen molar-refractivity contribution in [2.45, 2.75) is 5.92 Å². The number of hydrogen-bond acceptors (Lipinski definition) is 5. The van der Waals surface area contributed by atoms with E-state index in [4.69, 9.17) is 14.2 Å². The van der Waals surface area contributed by atoms with Gasteiger partial charge >= 0.3 is 12.0 Å². The van der Waals surface area contributed by atoms with Crippen LogP contribution < -0.4 is 20.1 Å². The zero-order valence-electron chi connectivity index (χ0n) is 19.8. The fourth-order valence-electron chi connectivity index (χ4n) is 4.10. The minimum atomic E-state index is -0.525. The summed E-state index contributed by atoms with van der Waals surface area (Å²) in [5.74, 6) is 0.515. The van der Waals surface area contributed by atoms with Gasteiger partial charge in [-0.05, 0) is 41.5 Å². The first-order chi connectivity index (χ1) is 17.0. The standard InChI is InChI=1S/C27H27N3O5/c1-33-24-13-12-17(14-25(24)34-2)20(21-16-28-22-10-6-4-8-18(21)22)15-29-27(32)30-23-11-7-5-9-19(23)26(31)35-3/h4-14,16,20,28H,15H2,1-3H3,(H2,29,30,32). The van der Waals surface area contributed by atoms with Gasteiger partial charge in [-0.25, -0.2) is 9.59 Å².